The van der Waals surface area contributed by atoms with Crippen molar-refractivity contribution in [1.29, 1.82) is 0 Å². The fraction of sp³-hybridized carbons (Fsp3) is 0.400. The molecule has 4 amide bonds. The van der Waals surface area contributed by atoms with Gasteiger partial charge in [-0.2, -0.15) is 5.01 Å². The summed E-state index contributed by atoms with van der Waals surface area (Å²) in [6.07, 6.45) is 6.46. The van der Waals surface area contributed by atoms with Gasteiger partial charge in [0.15, 0.2) is 6.61 Å². The van der Waals surface area contributed by atoms with Crippen LogP contribution in [-0.4, -0.2) is 41.0 Å². The SMILES string of the molecule is Cc1ccc(/C=C/C(=O)OCC(=O)NN2C(=O)NC3(CCCCC3)C2=O)cc1Cl. The van der Waals surface area contributed by atoms with E-state index in [0.29, 0.717) is 28.4 Å². The van der Waals surface area contributed by atoms with E-state index in [1.54, 1.807) is 12.1 Å². The molecule has 1 aliphatic heterocycles. The number of carbonyl (C=O) groups is 4. The van der Waals surface area contributed by atoms with E-state index >= 15 is 0 Å². The number of hydrazine groups is 1. The molecule has 1 saturated heterocycles. The largest absolute Gasteiger partial charge is 0.452 e. The molecule has 3 rings (SSSR count). The van der Waals surface area contributed by atoms with Crippen LogP contribution >= 0.6 is 11.6 Å². The second-order valence-corrected chi connectivity index (χ2v) is 7.61. The Morgan fingerprint density at radius 1 is 1.28 bits per heavy atom. The van der Waals surface area contributed by atoms with E-state index in [2.05, 4.69) is 10.7 Å². The predicted octanol–water partition coefficient (Wildman–Crippen LogP) is 2.49. The van der Waals surface area contributed by atoms with Gasteiger partial charge in [0, 0.05) is 11.1 Å². The summed E-state index contributed by atoms with van der Waals surface area (Å²) in [6.45, 7) is 1.24. The number of amides is 4. The molecular formula is C20H22ClN3O5. The van der Waals surface area contributed by atoms with E-state index in [4.69, 9.17) is 16.3 Å². The number of aryl methyl sites for hydroxylation is 1. The van der Waals surface area contributed by atoms with E-state index in [1.807, 2.05) is 13.0 Å². The lowest BCUT2D eigenvalue weighted by Gasteiger charge is -2.30. The molecule has 1 spiro atoms. The van der Waals surface area contributed by atoms with Crippen LogP contribution in [0.4, 0.5) is 4.79 Å². The van der Waals surface area contributed by atoms with Gasteiger partial charge >= 0.3 is 12.0 Å². The molecule has 154 valence electrons. The standard InChI is InChI=1S/C20H22ClN3O5/c1-13-5-6-14(11-15(13)21)7-8-17(26)29-12-16(25)23-24-18(27)20(22-19(24)28)9-3-2-4-10-20/h5-8,11H,2-4,9-10,12H2,1H3,(H,22,28)(H,23,25)/b8-7+. The van der Waals surface area contributed by atoms with Crippen molar-refractivity contribution in [3.63, 3.8) is 0 Å². The van der Waals surface area contributed by atoms with Crippen LogP contribution in [0.1, 0.15) is 43.2 Å². The van der Waals surface area contributed by atoms with Gasteiger partial charge in [-0.25, -0.2) is 9.59 Å². The minimum Gasteiger partial charge on any atom is -0.452 e. The number of nitrogens with one attached hydrogen (secondary N) is 2. The highest BCUT2D eigenvalue weighted by molar-refractivity contribution is 6.31. The molecule has 1 saturated carbocycles. The van der Waals surface area contributed by atoms with Crippen molar-refractivity contribution >= 4 is 41.5 Å². The topological polar surface area (TPSA) is 105 Å². The van der Waals surface area contributed by atoms with Crippen LogP contribution in [0.5, 0.6) is 0 Å². The molecule has 1 heterocycles. The van der Waals surface area contributed by atoms with Gasteiger partial charge in [0.1, 0.15) is 5.54 Å². The van der Waals surface area contributed by atoms with E-state index in [0.717, 1.165) is 24.8 Å². The number of halogens is 1. The molecule has 8 nitrogen and oxygen atoms in total. The predicted molar refractivity (Wildman–Crippen MR) is 106 cm³/mol. The average molecular weight is 420 g/mol. The van der Waals surface area contributed by atoms with Crippen molar-refractivity contribution in [3.05, 3.63) is 40.4 Å². The van der Waals surface area contributed by atoms with Crippen LogP contribution in [-0.2, 0) is 19.1 Å². The normalized spacial score (nSPS) is 18.2. The highest BCUT2D eigenvalue weighted by Crippen LogP contribution is 2.32. The second kappa shape index (κ2) is 8.65. The van der Waals surface area contributed by atoms with Crippen LogP contribution in [0.3, 0.4) is 0 Å². The maximum Gasteiger partial charge on any atom is 0.344 e. The molecule has 2 fully saturated rings. The molecule has 1 aliphatic carbocycles. The summed E-state index contributed by atoms with van der Waals surface area (Å²) in [6, 6.07) is 4.63. The first-order valence-corrected chi connectivity index (χ1v) is 9.76. The first-order chi connectivity index (χ1) is 13.8. The average Bonchev–Trinajstić information content (AvgIpc) is 2.91. The number of carbonyl (C=O) groups excluding carboxylic acids is 4. The zero-order chi connectivity index (χ0) is 21.0. The van der Waals surface area contributed by atoms with Gasteiger partial charge in [-0.3, -0.25) is 15.0 Å². The minimum atomic E-state index is -0.933. The summed E-state index contributed by atoms with van der Waals surface area (Å²) in [5, 5.41) is 3.92. The number of rotatable bonds is 5. The Bertz CT molecular complexity index is 877. The van der Waals surface area contributed by atoms with Crippen molar-refractivity contribution < 1.29 is 23.9 Å². The molecule has 0 radical (unpaired) electrons. The van der Waals surface area contributed by atoms with Gasteiger partial charge in [-0.1, -0.05) is 43.0 Å². The number of benzene rings is 1. The molecule has 0 bridgehead atoms. The van der Waals surface area contributed by atoms with Gasteiger partial charge in [0.25, 0.3) is 11.8 Å². The molecule has 2 aliphatic rings. The fourth-order valence-corrected chi connectivity index (χ4v) is 3.62. The third-order valence-corrected chi connectivity index (χ3v) is 5.47. The zero-order valence-electron chi connectivity index (χ0n) is 16.0. The number of hydrogen-bond acceptors (Lipinski definition) is 5. The summed E-state index contributed by atoms with van der Waals surface area (Å²) in [5.74, 6) is -1.99. The van der Waals surface area contributed by atoms with Gasteiger partial charge in [-0.15, -0.1) is 0 Å². The maximum absolute atomic E-state index is 12.6. The van der Waals surface area contributed by atoms with Crippen LogP contribution in [0.15, 0.2) is 24.3 Å². The maximum atomic E-state index is 12.6. The molecule has 0 aromatic heterocycles. The Hall–Kier alpha value is -2.87. The molecule has 0 unspecified atom stereocenters. The third-order valence-electron chi connectivity index (χ3n) is 5.06. The number of imide groups is 1. The zero-order valence-corrected chi connectivity index (χ0v) is 16.8. The van der Waals surface area contributed by atoms with Gasteiger partial charge in [-0.05, 0) is 43.0 Å². The molecular weight excluding hydrogens is 398 g/mol. The summed E-state index contributed by atoms with van der Waals surface area (Å²) in [4.78, 5) is 48.5. The lowest BCUT2D eigenvalue weighted by Crippen LogP contribution is -2.51. The fourth-order valence-electron chi connectivity index (χ4n) is 3.43. The molecule has 2 N–H and O–H groups in total. The highest BCUT2D eigenvalue weighted by atomic mass is 35.5. The Labute approximate surface area is 173 Å². The summed E-state index contributed by atoms with van der Waals surface area (Å²) in [5.41, 5.74) is 2.90. The molecule has 1 aromatic carbocycles. The minimum absolute atomic E-state index is 0.474. The summed E-state index contributed by atoms with van der Waals surface area (Å²) in [7, 11) is 0. The number of esters is 1. The second-order valence-electron chi connectivity index (χ2n) is 7.20. The lowest BCUT2D eigenvalue weighted by atomic mass is 9.82. The van der Waals surface area contributed by atoms with Crippen LogP contribution in [0, 0.1) is 6.92 Å². The smallest absolute Gasteiger partial charge is 0.344 e. The van der Waals surface area contributed by atoms with E-state index in [1.165, 1.54) is 12.2 Å². The molecule has 1 aromatic rings. The number of urea groups is 1. The van der Waals surface area contributed by atoms with Gasteiger partial charge < -0.3 is 10.1 Å². The van der Waals surface area contributed by atoms with Crippen LogP contribution < -0.4 is 10.7 Å². The summed E-state index contributed by atoms with van der Waals surface area (Å²) >= 11 is 6.02. The number of hydrogen-bond donors (Lipinski definition) is 2. The highest BCUT2D eigenvalue weighted by Gasteiger charge is 2.52. The van der Waals surface area contributed by atoms with Crippen molar-refractivity contribution in [2.75, 3.05) is 6.61 Å². The van der Waals surface area contributed by atoms with Gasteiger partial charge in [0.2, 0.25) is 0 Å². The van der Waals surface area contributed by atoms with Gasteiger partial charge in [0.05, 0.1) is 0 Å². The Morgan fingerprint density at radius 2 is 2.00 bits per heavy atom. The quantitative estimate of drug-likeness (QED) is 0.433. The van der Waals surface area contributed by atoms with E-state index in [-0.39, 0.29) is 0 Å². The third kappa shape index (κ3) is 4.76. The monoisotopic (exact) mass is 419 g/mol. The molecule has 9 heteroatoms. The molecule has 0 atom stereocenters. The van der Waals surface area contributed by atoms with E-state index in [9.17, 15) is 19.2 Å². The van der Waals surface area contributed by atoms with Crippen LogP contribution in [0.25, 0.3) is 6.08 Å². The van der Waals surface area contributed by atoms with Crippen molar-refractivity contribution in [2.45, 2.75) is 44.6 Å². The molecule has 29 heavy (non-hydrogen) atoms. The number of nitrogens with zero attached hydrogens (tertiary/aromatic N) is 1. The Morgan fingerprint density at radius 3 is 2.69 bits per heavy atom. The van der Waals surface area contributed by atoms with E-state index < -0.39 is 36.0 Å². The van der Waals surface area contributed by atoms with Crippen molar-refractivity contribution in [2.24, 2.45) is 0 Å². The van der Waals surface area contributed by atoms with Crippen molar-refractivity contribution in [3.8, 4) is 0 Å². The Balaban J connectivity index is 1.50. The lowest BCUT2D eigenvalue weighted by molar-refractivity contribution is -0.147. The first-order valence-electron chi connectivity index (χ1n) is 9.38. The summed E-state index contributed by atoms with van der Waals surface area (Å²) < 4.78 is 4.86. The van der Waals surface area contributed by atoms with Crippen LogP contribution in [0.2, 0.25) is 5.02 Å². The first kappa shape index (κ1) is 20.9. The Kier molecular flexibility index (Phi) is 6.22. The number of ether oxygens (including phenoxy) is 1. The van der Waals surface area contributed by atoms with Crippen molar-refractivity contribution in [1.82, 2.24) is 15.8 Å².